The number of aryl methyl sites for hydroxylation is 1. The number of hydrogen-bond donors (Lipinski definition) is 1. The van der Waals surface area contributed by atoms with Crippen molar-refractivity contribution in [1.82, 2.24) is 24.6 Å². The lowest BCUT2D eigenvalue weighted by atomic mass is 9.95. The van der Waals surface area contributed by atoms with E-state index in [1.165, 1.54) is 6.07 Å². The topological polar surface area (TPSA) is 95.9 Å². The summed E-state index contributed by atoms with van der Waals surface area (Å²) in [6, 6.07) is 29.8. The molecule has 2 aliphatic rings. The molecule has 7 rings (SSSR count). The number of nitrogens with one attached hydrogen (secondary N) is 1. The van der Waals surface area contributed by atoms with Crippen molar-refractivity contribution in [2.75, 3.05) is 44.2 Å². The van der Waals surface area contributed by atoms with Gasteiger partial charge >= 0.3 is 6.09 Å². The molecule has 0 spiro atoms. The molecule has 2 aromatic heterocycles. The fourth-order valence-electron chi connectivity index (χ4n) is 7.26. The van der Waals surface area contributed by atoms with Gasteiger partial charge in [0, 0.05) is 63.8 Å². The number of carbonyl (C=O) groups is 1. The lowest BCUT2D eigenvalue weighted by Crippen LogP contribution is -2.53. The Morgan fingerprint density at radius 1 is 0.857 bits per heavy atom. The number of rotatable bonds is 9. The number of pyridine rings is 1. The molecule has 0 radical (unpaired) electrons. The molecule has 0 bridgehead atoms. The lowest BCUT2D eigenvalue weighted by Gasteiger charge is -2.43. The fraction of sp³-hybridized carbons (Fsp3) is 0.359. The predicted octanol–water partition coefficient (Wildman–Crippen LogP) is 6.07. The number of fused-ring (bicyclic) bond motifs is 1. The van der Waals surface area contributed by atoms with Crippen LogP contribution in [0.3, 0.4) is 0 Å². The molecular weight excluding hydrogens is 616 g/mol. The lowest BCUT2D eigenvalue weighted by molar-refractivity contribution is 0.0759. The number of aromatic nitrogens is 3. The van der Waals surface area contributed by atoms with Crippen LogP contribution in [-0.2, 0) is 25.0 Å². The number of ether oxygens (including phenoxy) is 2. The minimum absolute atomic E-state index is 0.214. The molecule has 2 fully saturated rings. The number of carbonyl (C=O) groups excluding carboxylic acids is 1. The van der Waals surface area contributed by atoms with E-state index < -0.39 is 0 Å². The van der Waals surface area contributed by atoms with Gasteiger partial charge in [0.2, 0.25) is 5.88 Å². The quantitative estimate of drug-likeness (QED) is 0.205. The van der Waals surface area contributed by atoms with Crippen LogP contribution in [0, 0.1) is 5.92 Å². The first-order valence-electron chi connectivity index (χ1n) is 17.2. The zero-order valence-electron chi connectivity index (χ0n) is 28.3. The first-order chi connectivity index (χ1) is 23.9. The summed E-state index contributed by atoms with van der Waals surface area (Å²) in [5.74, 6) is 0.981. The van der Waals surface area contributed by atoms with E-state index in [1.807, 2.05) is 77.3 Å². The highest BCUT2D eigenvalue weighted by atomic mass is 16.6. The number of H-pyrrole nitrogens is 1. The van der Waals surface area contributed by atoms with Crippen LogP contribution in [0.25, 0.3) is 22.2 Å². The first kappa shape index (κ1) is 32.5. The van der Waals surface area contributed by atoms with E-state index in [1.54, 1.807) is 6.07 Å². The summed E-state index contributed by atoms with van der Waals surface area (Å²) in [6.07, 6.45) is 1.77. The summed E-state index contributed by atoms with van der Waals surface area (Å²) in [4.78, 5) is 34.8. The molecule has 1 amide bonds. The molecule has 4 heterocycles. The molecule has 10 nitrogen and oxygen atoms in total. The SMILES string of the molecule is C[C@@H]1CN(CC2CCN(C(=O)OCc3ccccc3)CC2)CCN1c1cccc2c(-c3ccc(=O)[nH]c3OCc3ccccc3)nn(C)c12. The maximum Gasteiger partial charge on any atom is 0.410 e. The molecule has 1 N–H and O–H groups in total. The van der Waals surface area contributed by atoms with Gasteiger partial charge in [0.15, 0.2) is 0 Å². The molecule has 0 saturated carbocycles. The van der Waals surface area contributed by atoms with Crippen molar-refractivity contribution >= 4 is 22.7 Å². The third-order valence-electron chi connectivity index (χ3n) is 9.82. The Balaban J connectivity index is 0.991. The van der Waals surface area contributed by atoms with Crippen LogP contribution < -0.4 is 15.2 Å². The minimum atomic E-state index is -0.216. The molecule has 1 atom stereocenters. The van der Waals surface area contributed by atoms with Crippen molar-refractivity contribution in [3.63, 3.8) is 0 Å². The van der Waals surface area contributed by atoms with Gasteiger partial charge in [-0.15, -0.1) is 0 Å². The summed E-state index contributed by atoms with van der Waals surface area (Å²) >= 11 is 0. The van der Waals surface area contributed by atoms with Gasteiger partial charge in [-0.05, 0) is 48.9 Å². The van der Waals surface area contributed by atoms with Gasteiger partial charge < -0.3 is 19.3 Å². The molecular formula is C39H44N6O4. The van der Waals surface area contributed by atoms with Crippen LogP contribution in [0.2, 0.25) is 0 Å². The summed E-state index contributed by atoms with van der Waals surface area (Å²) in [5, 5.41) is 5.98. The van der Waals surface area contributed by atoms with E-state index in [2.05, 4.69) is 39.9 Å². The number of hydrogen-bond acceptors (Lipinski definition) is 7. The summed E-state index contributed by atoms with van der Waals surface area (Å²) in [6.45, 7) is 8.34. The van der Waals surface area contributed by atoms with E-state index in [0.29, 0.717) is 31.1 Å². The van der Waals surface area contributed by atoms with Gasteiger partial charge in [-0.2, -0.15) is 5.10 Å². The number of aromatic amines is 1. The fourth-order valence-corrected chi connectivity index (χ4v) is 7.26. The summed E-state index contributed by atoms with van der Waals surface area (Å²) in [5.41, 5.74) is 5.56. The number of anilines is 1. The number of likely N-dealkylation sites (tertiary alicyclic amines) is 1. The van der Waals surface area contributed by atoms with Crippen molar-refractivity contribution in [3.8, 4) is 17.1 Å². The first-order valence-corrected chi connectivity index (χ1v) is 17.2. The molecule has 3 aromatic carbocycles. The zero-order valence-corrected chi connectivity index (χ0v) is 28.3. The largest absolute Gasteiger partial charge is 0.474 e. The van der Waals surface area contributed by atoms with Crippen molar-refractivity contribution in [2.24, 2.45) is 13.0 Å². The standard InChI is InChI=1S/C39H44N6O4/c1-28-24-43(25-29-18-20-44(21-19-29)39(47)49-27-31-12-7-4-8-13-31)22-23-45(28)34-15-9-14-32-36(41-42(2)37(32)34)33-16-17-35(46)40-38(33)48-26-30-10-5-3-6-11-30/h3-17,28-29H,18-27H2,1-2H3,(H,40,46)/t28-/m1/s1. The third-order valence-corrected chi connectivity index (χ3v) is 9.82. The molecule has 0 unspecified atom stereocenters. The second-order valence-corrected chi connectivity index (χ2v) is 13.3. The molecule has 0 aliphatic carbocycles. The van der Waals surface area contributed by atoms with E-state index in [0.717, 1.165) is 91.1 Å². The second kappa shape index (κ2) is 14.6. The summed E-state index contributed by atoms with van der Waals surface area (Å²) in [7, 11) is 1.98. The van der Waals surface area contributed by atoms with Crippen molar-refractivity contribution in [2.45, 2.75) is 39.0 Å². The van der Waals surface area contributed by atoms with Crippen molar-refractivity contribution < 1.29 is 14.3 Å². The Kier molecular flexibility index (Phi) is 9.65. The summed E-state index contributed by atoms with van der Waals surface area (Å²) < 4.78 is 13.7. The van der Waals surface area contributed by atoms with Gasteiger partial charge in [-0.1, -0.05) is 72.8 Å². The highest BCUT2D eigenvalue weighted by molar-refractivity contribution is 6.01. The van der Waals surface area contributed by atoms with Crippen LogP contribution in [0.4, 0.5) is 10.5 Å². The Labute approximate surface area is 286 Å². The second-order valence-electron chi connectivity index (χ2n) is 13.3. The number of piperazine rings is 1. The average Bonchev–Trinajstić information content (AvgIpc) is 3.47. The Bertz CT molecular complexity index is 1930. The van der Waals surface area contributed by atoms with E-state index in [9.17, 15) is 9.59 Å². The monoisotopic (exact) mass is 660 g/mol. The van der Waals surface area contributed by atoms with Crippen LogP contribution >= 0.6 is 0 Å². The van der Waals surface area contributed by atoms with Crippen molar-refractivity contribution in [1.29, 1.82) is 0 Å². The van der Waals surface area contributed by atoms with Crippen LogP contribution in [-0.4, -0.2) is 76.0 Å². The number of amides is 1. The van der Waals surface area contributed by atoms with Crippen LogP contribution in [0.1, 0.15) is 30.9 Å². The maximum atomic E-state index is 12.7. The molecule has 49 heavy (non-hydrogen) atoms. The van der Waals surface area contributed by atoms with Crippen molar-refractivity contribution in [3.05, 3.63) is 112 Å². The third kappa shape index (κ3) is 7.34. The molecule has 10 heteroatoms. The van der Waals surface area contributed by atoms with E-state index in [-0.39, 0.29) is 11.7 Å². The predicted molar refractivity (Wildman–Crippen MR) is 192 cm³/mol. The zero-order chi connectivity index (χ0) is 33.7. The Morgan fingerprint density at radius 3 is 2.29 bits per heavy atom. The van der Waals surface area contributed by atoms with Gasteiger partial charge in [0.25, 0.3) is 5.56 Å². The average molecular weight is 661 g/mol. The smallest absolute Gasteiger partial charge is 0.410 e. The van der Waals surface area contributed by atoms with Gasteiger partial charge in [0.05, 0.1) is 16.8 Å². The molecule has 5 aromatic rings. The minimum Gasteiger partial charge on any atom is -0.474 e. The van der Waals surface area contributed by atoms with E-state index in [4.69, 9.17) is 14.6 Å². The molecule has 254 valence electrons. The van der Waals surface area contributed by atoms with Crippen LogP contribution in [0.15, 0.2) is 95.8 Å². The Hall–Kier alpha value is -5.09. The maximum absolute atomic E-state index is 12.7. The number of para-hydroxylation sites is 1. The van der Waals surface area contributed by atoms with Gasteiger partial charge in [-0.25, -0.2) is 4.79 Å². The van der Waals surface area contributed by atoms with Gasteiger partial charge in [0.1, 0.15) is 18.9 Å². The number of piperidine rings is 1. The van der Waals surface area contributed by atoms with Crippen LogP contribution in [0.5, 0.6) is 5.88 Å². The number of nitrogens with zero attached hydrogens (tertiary/aromatic N) is 5. The Morgan fingerprint density at radius 2 is 1.57 bits per heavy atom. The van der Waals surface area contributed by atoms with Gasteiger partial charge in [-0.3, -0.25) is 19.4 Å². The van der Waals surface area contributed by atoms with E-state index >= 15 is 0 Å². The molecule has 2 saturated heterocycles. The number of benzene rings is 3. The highest BCUT2D eigenvalue weighted by Crippen LogP contribution is 2.37. The normalized spacial score (nSPS) is 17.4. The molecule has 2 aliphatic heterocycles. The highest BCUT2D eigenvalue weighted by Gasteiger charge is 2.30.